The smallest absolute Gasteiger partial charge is 0.321 e. The van der Waals surface area contributed by atoms with Crippen molar-refractivity contribution in [2.24, 2.45) is 0 Å². The standard InChI is InChI=1S/C36H43N7O5S/c1-4-39-21-23-40(24-22-39)28-16-19-41(20-17-28)35(45)42(5-2)36(30-13-10-18-38-33(30)48-6-3)31-25-27(26-37)14-15-32(31)43(34(36)44)49(46,47)29-11-8-7-9-12-29/h7-15,18,25,28H,4-6,16-17,19-24H2,1-3H3. The van der Waals surface area contributed by atoms with Gasteiger partial charge in [0.1, 0.15) is 0 Å². The van der Waals surface area contributed by atoms with E-state index in [1.165, 1.54) is 41.4 Å². The van der Waals surface area contributed by atoms with Crippen molar-refractivity contribution >= 4 is 27.6 Å². The van der Waals surface area contributed by atoms with Crippen molar-refractivity contribution in [1.29, 1.82) is 5.26 Å². The molecule has 1 unspecified atom stereocenters. The number of urea groups is 1. The number of carbonyl (C=O) groups excluding carboxylic acids is 2. The number of amides is 3. The third-order valence-corrected chi connectivity index (χ3v) is 11.7. The second kappa shape index (κ2) is 14.2. The van der Waals surface area contributed by atoms with Crippen molar-refractivity contribution < 1.29 is 22.7 Å². The zero-order chi connectivity index (χ0) is 34.8. The van der Waals surface area contributed by atoms with Crippen molar-refractivity contribution in [3.8, 4) is 11.9 Å². The maximum atomic E-state index is 15.3. The van der Waals surface area contributed by atoms with Crippen molar-refractivity contribution in [2.75, 3.05) is 63.3 Å². The van der Waals surface area contributed by atoms with E-state index in [1.54, 1.807) is 49.1 Å². The molecule has 1 aromatic heterocycles. The van der Waals surface area contributed by atoms with E-state index in [-0.39, 0.29) is 46.3 Å². The Hall–Kier alpha value is -4.51. The largest absolute Gasteiger partial charge is 0.478 e. The quantitative estimate of drug-likeness (QED) is 0.330. The third-order valence-electron chi connectivity index (χ3n) is 10.0. The molecule has 258 valence electrons. The van der Waals surface area contributed by atoms with E-state index in [0.29, 0.717) is 19.1 Å². The van der Waals surface area contributed by atoms with Gasteiger partial charge in [-0.15, -0.1) is 0 Å². The number of sulfonamides is 1. The number of nitriles is 1. The maximum Gasteiger partial charge on any atom is 0.321 e. The van der Waals surface area contributed by atoms with Crippen LogP contribution >= 0.6 is 0 Å². The van der Waals surface area contributed by atoms with Crippen LogP contribution in [-0.4, -0.2) is 110 Å². The number of likely N-dealkylation sites (N-methyl/N-ethyl adjacent to an activating group) is 2. The number of likely N-dealkylation sites (tertiary alicyclic amines) is 1. The van der Waals surface area contributed by atoms with Gasteiger partial charge in [-0.2, -0.15) is 9.57 Å². The zero-order valence-corrected chi connectivity index (χ0v) is 29.1. The van der Waals surface area contributed by atoms with Gasteiger partial charge in [0, 0.05) is 63.6 Å². The van der Waals surface area contributed by atoms with Gasteiger partial charge in [-0.25, -0.2) is 18.2 Å². The number of pyridine rings is 1. The monoisotopic (exact) mass is 685 g/mol. The number of rotatable bonds is 9. The van der Waals surface area contributed by atoms with Gasteiger partial charge in [0.25, 0.3) is 15.9 Å². The number of fused-ring (bicyclic) bond motifs is 1. The highest BCUT2D eigenvalue weighted by Gasteiger charge is 2.62. The minimum absolute atomic E-state index is 0.0549. The topological polar surface area (TPSA) is 130 Å². The molecule has 4 heterocycles. The number of ether oxygens (including phenoxy) is 1. The number of hydrogen-bond donors (Lipinski definition) is 0. The summed E-state index contributed by atoms with van der Waals surface area (Å²) in [5.41, 5.74) is -1.31. The van der Waals surface area contributed by atoms with Crippen LogP contribution in [0.5, 0.6) is 5.88 Å². The van der Waals surface area contributed by atoms with Crippen LogP contribution in [0.2, 0.25) is 0 Å². The van der Waals surface area contributed by atoms with Gasteiger partial charge in [0.15, 0.2) is 5.54 Å². The third kappa shape index (κ3) is 5.92. The molecule has 2 aromatic carbocycles. The molecule has 0 saturated carbocycles. The average molecular weight is 686 g/mol. The van der Waals surface area contributed by atoms with Crippen LogP contribution in [0, 0.1) is 11.3 Å². The predicted octanol–water partition coefficient (Wildman–Crippen LogP) is 3.87. The first kappa shape index (κ1) is 34.4. The minimum atomic E-state index is -4.46. The summed E-state index contributed by atoms with van der Waals surface area (Å²) < 4.78 is 35.5. The summed E-state index contributed by atoms with van der Waals surface area (Å²) in [6, 6.07) is 17.5. The number of piperazine rings is 1. The number of nitrogens with zero attached hydrogens (tertiary/aromatic N) is 7. The lowest BCUT2D eigenvalue weighted by Gasteiger charge is -2.46. The molecule has 49 heavy (non-hydrogen) atoms. The molecule has 0 N–H and O–H groups in total. The normalized spacial score (nSPS) is 20.6. The van der Waals surface area contributed by atoms with Crippen LogP contribution in [-0.2, 0) is 20.4 Å². The molecule has 3 aromatic rings. The lowest BCUT2D eigenvalue weighted by atomic mass is 9.81. The van der Waals surface area contributed by atoms with Gasteiger partial charge in [-0.05, 0) is 75.7 Å². The van der Waals surface area contributed by atoms with Gasteiger partial charge < -0.3 is 19.4 Å². The first-order chi connectivity index (χ1) is 23.7. The highest BCUT2D eigenvalue weighted by molar-refractivity contribution is 7.93. The maximum absolute atomic E-state index is 15.3. The average Bonchev–Trinajstić information content (AvgIpc) is 3.40. The van der Waals surface area contributed by atoms with Gasteiger partial charge in [0.05, 0.1) is 34.4 Å². The Balaban J connectivity index is 1.46. The molecular weight excluding hydrogens is 643 g/mol. The fraction of sp³-hybridized carbons (Fsp3) is 0.444. The van der Waals surface area contributed by atoms with Crippen LogP contribution in [0.25, 0.3) is 0 Å². The molecule has 2 fully saturated rings. The summed E-state index contributed by atoms with van der Waals surface area (Å²) in [5.74, 6) is -0.768. The van der Waals surface area contributed by atoms with Gasteiger partial charge in [0.2, 0.25) is 5.88 Å². The Bertz CT molecular complexity index is 1830. The van der Waals surface area contributed by atoms with E-state index < -0.39 is 27.5 Å². The van der Waals surface area contributed by atoms with Crippen molar-refractivity contribution in [1.82, 2.24) is 24.6 Å². The van der Waals surface area contributed by atoms with E-state index in [1.807, 2.05) is 0 Å². The summed E-state index contributed by atoms with van der Waals surface area (Å²) in [4.78, 5) is 42.7. The molecule has 3 amide bonds. The number of piperidine rings is 1. The summed E-state index contributed by atoms with van der Waals surface area (Å²) in [7, 11) is -4.46. The number of anilines is 1. The van der Waals surface area contributed by atoms with E-state index in [9.17, 15) is 18.5 Å². The van der Waals surface area contributed by atoms with E-state index in [4.69, 9.17) is 4.74 Å². The van der Waals surface area contributed by atoms with Crippen LogP contribution in [0.15, 0.2) is 71.8 Å². The second-order valence-electron chi connectivity index (χ2n) is 12.4. The van der Waals surface area contributed by atoms with Crippen LogP contribution < -0.4 is 9.04 Å². The molecular formula is C36H43N7O5S. The van der Waals surface area contributed by atoms with Crippen molar-refractivity contribution in [2.45, 2.75) is 50.1 Å². The van der Waals surface area contributed by atoms with Crippen molar-refractivity contribution in [3.05, 3.63) is 83.6 Å². The summed E-state index contributed by atoms with van der Waals surface area (Å²) in [6.45, 7) is 12.1. The van der Waals surface area contributed by atoms with E-state index in [2.05, 4.69) is 27.8 Å². The Morgan fingerprint density at radius 2 is 1.69 bits per heavy atom. The minimum Gasteiger partial charge on any atom is -0.478 e. The Kier molecular flexibility index (Phi) is 9.92. The lowest BCUT2D eigenvalue weighted by molar-refractivity contribution is -0.125. The summed E-state index contributed by atoms with van der Waals surface area (Å²) in [6.07, 6.45) is 3.10. The SMILES string of the molecule is CCOc1ncccc1C1(N(CC)C(=O)N2CCC(N3CCN(CC)CC3)CC2)C(=O)N(S(=O)(=O)c2ccccc2)c2ccc(C#N)cc21. The molecule has 6 rings (SSSR count). The summed E-state index contributed by atoms with van der Waals surface area (Å²) >= 11 is 0. The molecule has 0 spiro atoms. The number of hydrogen-bond acceptors (Lipinski definition) is 9. The molecule has 12 nitrogen and oxygen atoms in total. The molecule has 3 aliphatic heterocycles. The van der Waals surface area contributed by atoms with Gasteiger partial charge in [-0.3, -0.25) is 9.69 Å². The molecule has 3 aliphatic rings. The Morgan fingerprint density at radius 3 is 2.33 bits per heavy atom. The second-order valence-corrected chi connectivity index (χ2v) is 14.2. The van der Waals surface area contributed by atoms with Crippen molar-refractivity contribution in [3.63, 3.8) is 0 Å². The number of aromatic nitrogens is 1. The molecule has 0 aliphatic carbocycles. The van der Waals surface area contributed by atoms with E-state index >= 15 is 4.79 Å². The molecule has 1 atom stereocenters. The highest BCUT2D eigenvalue weighted by atomic mass is 32.2. The molecule has 13 heteroatoms. The number of benzene rings is 2. The lowest BCUT2D eigenvalue weighted by Crippen LogP contribution is -2.61. The van der Waals surface area contributed by atoms with Crippen LogP contribution in [0.3, 0.4) is 0 Å². The molecule has 0 bridgehead atoms. The van der Waals surface area contributed by atoms with E-state index in [0.717, 1.165) is 49.9 Å². The molecule has 2 saturated heterocycles. The fourth-order valence-corrected chi connectivity index (χ4v) is 9.00. The number of carbonyl (C=O) groups is 2. The Labute approximate surface area is 288 Å². The summed E-state index contributed by atoms with van der Waals surface area (Å²) in [5, 5.41) is 9.99. The van der Waals surface area contributed by atoms with Gasteiger partial charge >= 0.3 is 6.03 Å². The molecule has 0 radical (unpaired) electrons. The zero-order valence-electron chi connectivity index (χ0n) is 28.3. The highest BCUT2D eigenvalue weighted by Crippen LogP contribution is 2.52. The Morgan fingerprint density at radius 1 is 0.980 bits per heavy atom. The van der Waals surface area contributed by atoms with Gasteiger partial charge in [-0.1, -0.05) is 25.1 Å². The van der Waals surface area contributed by atoms with Crippen LogP contribution in [0.1, 0.15) is 50.3 Å². The predicted molar refractivity (Wildman–Crippen MR) is 185 cm³/mol. The van der Waals surface area contributed by atoms with Crippen LogP contribution in [0.4, 0.5) is 10.5 Å². The first-order valence-corrected chi connectivity index (χ1v) is 18.5. The first-order valence-electron chi connectivity index (χ1n) is 17.0. The fourth-order valence-electron chi connectivity index (χ4n) is 7.52.